The highest BCUT2D eigenvalue weighted by Crippen LogP contribution is 2.28. The zero-order chi connectivity index (χ0) is 10.2. The molecule has 1 saturated heterocycles. The Bertz CT molecular complexity index is 384. The van der Waals surface area contributed by atoms with E-state index in [4.69, 9.17) is 5.14 Å². The van der Waals surface area contributed by atoms with Crippen LogP contribution in [0, 0.1) is 5.92 Å². The average Bonchev–Trinajstić information content (AvgIpc) is 2.15. The second-order valence-corrected chi connectivity index (χ2v) is 5.30. The summed E-state index contributed by atoms with van der Waals surface area (Å²) in [5.74, 6) is 0.280. The van der Waals surface area contributed by atoms with Crippen LogP contribution in [0.5, 0.6) is 0 Å². The first-order valence-electron chi connectivity index (χ1n) is 4.73. The molecule has 0 spiro atoms. The summed E-state index contributed by atoms with van der Waals surface area (Å²) in [4.78, 5) is 0.324. The maximum absolute atomic E-state index is 11.3. The molecule has 1 heterocycles. The maximum atomic E-state index is 11.3. The van der Waals surface area contributed by atoms with Crippen LogP contribution >= 0.6 is 0 Å². The molecule has 0 aromatic heterocycles. The van der Waals surface area contributed by atoms with E-state index in [0.29, 0.717) is 4.91 Å². The topological polar surface area (TPSA) is 72.2 Å². The summed E-state index contributed by atoms with van der Waals surface area (Å²) >= 11 is 0. The van der Waals surface area contributed by atoms with Gasteiger partial charge in [0.05, 0.1) is 10.9 Å². The van der Waals surface area contributed by atoms with Gasteiger partial charge in [-0.2, -0.15) is 0 Å². The molecule has 0 aromatic carbocycles. The van der Waals surface area contributed by atoms with E-state index >= 15 is 0 Å². The molecule has 2 unspecified atom stereocenters. The van der Waals surface area contributed by atoms with E-state index in [0.717, 1.165) is 19.4 Å². The van der Waals surface area contributed by atoms with Crippen LogP contribution < -0.4 is 10.5 Å². The van der Waals surface area contributed by atoms with Crippen molar-refractivity contribution in [3.63, 3.8) is 0 Å². The first-order valence-corrected chi connectivity index (χ1v) is 6.28. The monoisotopic (exact) mass is 214 g/mol. The van der Waals surface area contributed by atoms with Gasteiger partial charge in [-0.05, 0) is 31.4 Å². The van der Waals surface area contributed by atoms with Crippen molar-refractivity contribution in [3.05, 3.63) is 23.1 Å². The molecule has 1 fully saturated rings. The van der Waals surface area contributed by atoms with E-state index in [1.807, 2.05) is 6.08 Å². The molecule has 5 heteroatoms. The molecule has 0 radical (unpaired) electrons. The predicted octanol–water partition coefficient (Wildman–Crippen LogP) is 0.0968. The van der Waals surface area contributed by atoms with Crippen LogP contribution in [0.4, 0.5) is 0 Å². The number of nitrogens with one attached hydrogen (secondary N) is 1. The minimum atomic E-state index is -3.55. The molecule has 0 saturated carbocycles. The van der Waals surface area contributed by atoms with Gasteiger partial charge in [0.15, 0.2) is 0 Å². The molecular formula is C9H14N2O2S. The molecule has 2 aliphatic rings. The van der Waals surface area contributed by atoms with Crippen LogP contribution in [0.15, 0.2) is 23.1 Å². The summed E-state index contributed by atoms with van der Waals surface area (Å²) < 4.78 is 22.6. The van der Waals surface area contributed by atoms with E-state index in [-0.39, 0.29) is 12.0 Å². The van der Waals surface area contributed by atoms with Crippen LogP contribution in [0.2, 0.25) is 0 Å². The summed E-state index contributed by atoms with van der Waals surface area (Å²) in [5, 5.41) is 8.35. The molecule has 3 N–H and O–H groups in total. The molecule has 1 aliphatic carbocycles. The molecule has 4 nitrogen and oxygen atoms in total. The molecule has 0 amide bonds. The standard InChI is InChI=1S/C9H14N2O2S/c10-14(12,13)8-5-1-3-7-4-2-6-11-9(7)8/h1,3,5,7,9,11H,2,4,6H2,(H2,10,12,13). The van der Waals surface area contributed by atoms with E-state index in [1.54, 1.807) is 12.2 Å². The van der Waals surface area contributed by atoms with Crippen molar-refractivity contribution >= 4 is 10.0 Å². The zero-order valence-corrected chi connectivity index (χ0v) is 8.63. The van der Waals surface area contributed by atoms with Crippen molar-refractivity contribution in [3.8, 4) is 0 Å². The first-order chi connectivity index (χ1) is 6.59. The lowest BCUT2D eigenvalue weighted by atomic mass is 9.87. The van der Waals surface area contributed by atoms with Crippen LogP contribution in [0.3, 0.4) is 0 Å². The number of sulfonamides is 1. The van der Waals surface area contributed by atoms with Crippen molar-refractivity contribution in [2.45, 2.75) is 18.9 Å². The number of fused-ring (bicyclic) bond motifs is 1. The van der Waals surface area contributed by atoms with Crippen molar-refractivity contribution < 1.29 is 8.42 Å². The van der Waals surface area contributed by atoms with Crippen LogP contribution in [0.25, 0.3) is 0 Å². The minimum absolute atomic E-state index is 0.108. The number of hydrogen-bond donors (Lipinski definition) is 2. The number of nitrogens with two attached hydrogens (primary N) is 1. The average molecular weight is 214 g/mol. The van der Waals surface area contributed by atoms with Gasteiger partial charge in [-0.1, -0.05) is 12.2 Å². The Labute approximate surface area is 83.9 Å². The quantitative estimate of drug-likeness (QED) is 0.650. The fourth-order valence-corrected chi connectivity index (χ4v) is 2.98. The number of piperidine rings is 1. The van der Waals surface area contributed by atoms with E-state index in [2.05, 4.69) is 5.32 Å². The van der Waals surface area contributed by atoms with Gasteiger partial charge < -0.3 is 5.32 Å². The second kappa shape index (κ2) is 3.49. The number of allylic oxidation sites excluding steroid dienone is 2. The molecule has 14 heavy (non-hydrogen) atoms. The van der Waals surface area contributed by atoms with Gasteiger partial charge in [0.2, 0.25) is 10.0 Å². The molecular weight excluding hydrogens is 200 g/mol. The van der Waals surface area contributed by atoms with Gasteiger partial charge in [-0.3, -0.25) is 0 Å². The number of primary sulfonamides is 1. The molecule has 0 aromatic rings. The van der Waals surface area contributed by atoms with Crippen molar-refractivity contribution in [1.82, 2.24) is 5.32 Å². The van der Waals surface area contributed by atoms with E-state index in [1.165, 1.54) is 0 Å². The summed E-state index contributed by atoms with van der Waals surface area (Å²) in [5.41, 5.74) is 0. The largest absolute Gasteiger partial charge is 0.309 e. The minimum Gasteiger partial charge on any atom is -0.309 e. The Morgan fingerprint density at radius 3 is 3.00 bits per heavy atom. The molecule has 2 rings (SSSR count). The molecule has 1 aliphatic heterocycles. The van der Waals surface area contributed by atoms with Gasteiger partial charge in [0.1, 0.15) is 0 Å². The smallest absolute Gasteiger partial charge is 0.235 e. The molecule has 0 bridgehead atoms. The van der Waals surface area contributed by atoms with E-state index in [9.17, 15) is 8.42 Å². The Balaban J connectivity index is 2.33. The molecule has 78 valence electrons. The van der Waals surface area contributed by atoms with Gasteiger partial charge in [-0.15, -0.1) is 0 Å². The first kappa shape index (κ1) is 9.89. The Morgan fingerprint density at radius 2 is 2.29 bits per heavy atom. The SMILES string of the molecule is NS(=O)(=O)C1=CC=CC2CCCNC12. The summed E-state index contributed by atoms with van der Waals surface area (Å²) in [6, 6.07) is -0.108. The fourth-order valence-electron chi connectivity index (χ4n) is 2.10. The highest BCUT2D eigenvalue weighted by atomic mass is 32.2. The number of hydrogen-bond acceptors (Lipinski definition) is 3. The third-order valence-electron chi connectivity index (χ3n) is 2.76. The maximum Gasteiger partial charge on any atom is 0.235 e. The Hall–Kier alpha value is -0.650. The lowest BCUT2D eigenvalue weighted by Gasteiger charge is -2.33. The van der Waals surface area contributed by atoms with Crippen LogP contribution in [-0.4, -0.2) is 21.0 Å². The predicted molar refractivity (Wildman–Crippen MR) is 54.8 cm³/mol. The zero-order valence-electron chi connectivity index (χ0n) is 7.81. The second-order valence-electron chi connectivity index (χ2n) is 3.74. The van der Waals surface area contributed by atoms with E-state index < -0.39 is 10.0 Å². The molecule has 2 atom stereocenters. The van der Waals surface area contributed by atoms with Crippen molar-refractivity contribution in [2.24, 2.45) is 11.1 Å². The third-order valence-corrected chi connectivity index (χ3v) is 3.81. The van der Waals surface area contributed by atoms with Gasteiger partial charge in [0, 0.05) is 0 Å². The highest BCUT2D eigenvalue weighted by Gasteiger charge is 2.32. The van der Waals surface area contributed by atoms with Crippen LogP contribution in [-0.2, 0) is 10.0 Å². The number of rotatable bonds is 1. The summed E-state index contributed by atoms with van der Waals surface area (Å²) in [7, 11) is -3.55. The Morgan fingerprint density at radius 1 is 1.50 bits per heavy atom. The lowest BCUT2D eigenvalue weighted by Crippen LogP contribution is -2.45. The normalized spacial score (nSPS) is 32.2. The van der Waals surface area contributed by atoms with Gasteiger partial charge in [0.25, 0.3) is 0 Å². The highest BCUT2D eigenvalue weighted by molar-refractivity contribution is 7.93. The van der Waals surface area contributed by atoms with Crippen molar-refractivity contribution in [2.75, 3.05) is 6.54 Å². The third kappa shape index (κ3) is 1.75. The fraction of sp³-hybridized carbons (Fsp3) is 0.556. The van der Waals surface area contributed by atoms with Crippen molar-refractivity contribution in [1.29, 1.82) is 0 Å². The van der Waals surface area contributed by atoms with Gasteiger partial charge in [-0.25, -0.2) is 13.6 Å². The Kier molecular flexibility index (Phi) is 2.47. The summed E-state index contributed by atoms with van der Waals surface area (Å²) in [6.07, 6.45) is 7.54. The van der Waals surface area contributed by atoms with Crippen LogP contribution in [0.1, 0.15) is 12.8 Å². The summed E-state index contributed by atoms with van der Waals surface area (Å²) in [6.45, 7) is 0.863. The lowest BCUT2D eigenvalue weighted by molar-refractivity contribution is 0.366. The van der Waals surface area contributed by atoms with Gasteiger partial charge >= 0.3 is 0 Å².